The number of anilines is 1. The Bertz CT molecular complexity index is 931. The highest BCUT2D eigenvalue weighted by Gasteiger charge is 2.42. The third-order valence-corrected chi connectivity index (χ3v) is 4.85. The maximum atomic E-state index is 12.9. The molecule has 1 aromatic heterocycles. The predicted octanol–water partition coefficient (Wildman–Crippen LogP) is 4.01. The fraction of sp³-hybridized carbons (Fsp3) is 0.0667. The minimum Gasteiger partial charge on any atom is -0.351 e. The summed E-state index contributed by atoms with van der Waals surface area (Å²) in [6.45, 7) is 0. The molecule has 0 fully saturated rings. The normalized spacial score (nSPS) is 18.3. The van der Waals surface area contributed by atoms with Gasteiger partial charge in [-0.2, -0.15) is 10.2 Å². The zero-order valence-electron chi connectivity index (χ0n) is 11.5. The first kappa shape index (κ1) is 14.1. The van der Waals surface area contributed by atoms with Crippen molar-refractivity contribution in [1.29, 1.82) is 0 Å². The van der Waals surface area contributed by atoms with Crippen molar-refractivity contribution in [3.63, 3.8) is 0 Å². The summed E-state index contributed by atoms with van der Waals surface area (Å²) in [5.41, 5.74) is 8.51. The van der Waals surface area contributed by atoms with Gasteiger partial charge in [0.1, 0.15) is 11.7 Å². The highest BCUT2D eigenvalue weighted by Crippen LogP contribution is 2.49. The number of amides is 2. The molecule has 0 bridgehead atoms. The molecular weight excluding hydrogens is 336 g/mol. The minimum absolute atomic E-state index is 0.198. The van der Waals surface area contributed by atoms with Gasteiger partial charge in [0, 0.05) is 10.9 Å². The first-order valence-corrected chi connectivity index (χ1v) is 7.95. The van der Waals surface area contributed by atoms with Crippen LogP contribution in [0.15, 0.2) is 45.4 Å². The molecule has 1 atom stereocenters. The number of hydrogen-bond acceptors (Lipinski definition) is 5. The Morgan fingerprint density at radius 2 is 2.22 bits per heavy atom. The van der Waals surface area contributed by atoms with E-state index in [0.717, 1.165) is 11.1 Å². The molecular formula is C15H9ClN4O2S. The van der Waals surface area contributed by atoms with Gasteiger partial charge in [0.25, 0.3) is 0 Å². The van der Waals surface area contributed by atoms with E-state index < -0.39 is 12.1 Å². The van der Waals surface area contributed by atoms with E-state index in [9.17, 15) is 9.59 Å². The number of Topliss-reactive ketones (excluding diaryl/α,β-unsaturated/α-hetero) is 1. The van der Waals surface area contributed by atoms with Gasteiger partial charge in [0.05, 0.1) is 21.2 Å². The van der Waals surface area contributed by atoms with Crippen molar-refractivity contribution in [1.82, 2.24) is 0 Å². The lowest BCUT2D eigenvalue weighted by molar-refractivity contribution is 0.103. The van der Waals surface area contributed by atoms with Crippen LogP contribution in [0.3, 0.4) is 0 Å². The Hall–Kier alpha value is -2.51. The summed E-state index contributed by atoms with van der Waals surface area (Å²) in [7, 11) is 0. The van der Waals surface area contributed by atoms with E-state index in [-0.39, 0.29) is 5.78 Å². The molecule has 3 N–H and O–H groups in total. The number of rotatable bonds is 2. The van der Waals surface area contributed by atoms with Crippen molar-refractivity contribution in [2.45, 2.75) is 6.04 Å². The number of carbonyl (C=O) groups is 2. The van der Waals surface area contributed by atoms with E-state index in [2.05, 4.69) is 15.5 Å². The van der Waals surface area contributed by atoms with Crippen LogP contribution in [-0.2, 0) is 0 Å². The summed E-state index contributed by atoms with van der Waals surface area (Å²) in [4.78, 5) is 24.0. The lowest BCUT2D eigenvalue weighted by Crippen LogP contribution is -2.20. The second-order valence-corrected chi connectivity index (χ2v) is 6.65. The molecule has 2 amide bonds. The second-order valence-electron chi connectivity index (χ2n) is 5.11. The summed E-state index contributed by atoms with van der Waals surface area (Å²) in [5.74, 6) is -0.198. The van der Waals surface area contributed by atoms with E-state index in [1.165, 1.54) is 11.3 Å². The number of primary amides is 1. The first-order valence-electron chi connectivity index (χ1n) is 6.69. The van der Waals surface area contributed by atoms with Gasteiger partial charge in [0.2, 0.25) is 0 Å². The fourth-order valence-electron chi connectivity index (χ4n) is 2.88. The topological polar surface area (TPSA) is 96.9 Å². The van der Waals surface area contributed by atoms with Crippen LogP contribution in [0.5, 0.6) is 0 Å². The maximum Gasteiger partial charge on any atom is 0.316 e. The summed E-state index contributed by atoms with van der Waals surface area (Å²) < 4.78 is 0.616. The summed E-state index contributed by atoms with van der Waals surface area (Å²) in [6.07, 6.45) is 0. The smallest absolute Gasteiger partial charge is 0.316 e. The average Bonchev–Trinajstić information content (AvgIpc) is 3.16. The van der Waals surface area contributed by atoms with Crippen LogP contribution in [0.25, 0.3) is 5.70 Å². The van der Waals surface area contributed by atoms with Crippen molar-refractivity contribution >= 4 is 46.1 Å². The summed E-state index contributed by atoms with van der Waals surface area (Å²) >= 11 is 7.33. The lowest BCUT2D eigenvalue weighted by atomic mass is 10.0. The number of ketones is 1. The van der Waals surface area contributed by atoms with Crippen LogP contribution in [0.4, 0.5) is 10.5 Å². The number of thiophene rings is 1. The maximum absolute atomic E-state index is 12.9. The zero-order chi connectivity index (χ0) is 16.1. The predicted molar refractivity (Wildman–Crippen MR) is 87.8 cm³/mol. The monoisotopic (exact) mass is 344 g/mol. The van der Waals surface area contributed by atoms with Crippen LogP contribution >= 0.6 is 22.9 Å². The van der Waals surface area contributed by atoms with Crippen LogP contribution in [0.2, 0.25) is 4.34 Å². The summed E-state index contributed by atoms with van der Waals surface area (Å²) in [6, 6.07) is 5.79. The largest absolute Gasteiger partial charge is 0.351 e. The Morgan fingerprint density at radius 3 is 2.91 bits per heavy atom. The highest BCUT2D eigenvalue weighted by molar-refractivity contribution is 7.14. The van der Waals surface area contributed by atoms with Crippen molar-refractivity contribution < 1.29 is 9.59 Å². The number of urea groups is 1. The standard InChI is InChI=1S/C15H9ClN4O2S/c16-9-4-6(5-23-9)12-11-13(20-19-12)7-2-1-3-8(18-15(17)22)10(7)14(11)21/h1-5,13H,(H3,17,18,22). The third kappa shape index (κ3) is 2.08. The van der Waals surface area contributed by atoms with Gasteiger partial charge >= 0.3 is 6.03 Å². The number of hydrogen-bond donors (Lipinski definition) is 2. The molecule has 2 aromatic rings. The Morgan fingerprint density at radius 1 is 1.39 bits per heavy atom. The summed E-state index contributed by atoms with van der Waals surface area (Å²) in [5, 5.41) is 12.7. The molecule has 8 heteroatoms. The van der Waals surface area contributed by atoms with E-state index in [1.54, 1.807) is 24.3 Å². The second kappa shape index (κ2) is 5.00. The van der Waals surface area contributed by atoms with Gasteiger partial charge in [-0.25, -0.2) is 4.79 Å². The molecule has 2 aliphatic rings. The van der Waals surface area contributed by atoms with Gasteiger partial charge in [-0.3, -0.25) is 4.79 Å². The Balaban J connectivity index is 1.88. The van der Waals surface area contributed by atoms with Gasteiger partial charge in [-0.05, 0) is 17.7 Å². The van der Waals surface area contributed by atoms with Crippen molar-refractivity contribution in [3.05, 3.63) is 56.2 Å². The number of carbonyl (C=O) groups excluding carboxylic acids is 2. The van der Waals surface area contributed by atoms with Crippen LogP contribution in [0, 0.1) is 0 Å². The van der Waals surface area contributed by atoms with Crippen molar-refractivity contribution in [3.8, 4) is 0 Å². The van der Waals surface area contributed by atoms with E-state index in [0.29, 0.717) is 26.9 Å². The number of nitrogens with zero attached hydrogens (tertiary/aromatic N) is 2. The van der Waals surface area contributed by atoms with Gasteiger partial charge in [-0.15, -0.1) is 11.3 Å². The molecule has 0 spiro atoms. The van der Waals surface area contributed by atoms with Crippen LogP contribution < -0.4 is 11.1 Å². The molecule has 114 valence electrons. The van der Waals surface area contributed by atoms with Crippen molar-refractivity contribution in [2.24, 2.45) is 16.0 Å². The minimum atomic E-state index is -0.719. The number of nitrogens with one attached hydrogen (secondary N) is 1. The number of fused-ring (bicyclic) bond motifs is 3. The zero-order valence-corrected chi connectivity index (χ0v) is 13.1. The molecule has 1 aliphatic carbocycles. The molecule has 0 saturated heterocycles. The van der Waals surface area contributed by atoms with E-state index in [1.807, 2.05) is 5.38 Å². The Labute approximate surface area is 139 Å². The number of nitrogens with two attached hydrogens (primary N) is 1. The SMILES string of the molecule is NC(=O)Nc1cccc2c1C(=O)C1=C(c3csc(Cl)c3)N=NC12. The number of benzene rings is 1. The fourth-order valence-corrected chi connectivity index (χ4v) is 3.74. The van der Waals surface area contributed by atoms with Gasteiger partial charge < -0.3 is 11.1 Å². The third-order valence-electron chi connectivity index (χ3n) is 3.76. The molecule has 1 unspecified atom stereocenters. The molecule has 6 nitrogen and oxygen atoms in total. The first-order chi connectivity index (χ1) is 11.1. The van der Waals surface area contributed by atoms with E-state index >= 15 is 0 Å². The van der Waals surface area contributed by atoms with Gasteiger partial charge in [-0.1, -0.05) is 23.7 Å². The number of halogens is 1. The quantitative estimate of drug-likeness (QED) is 0.860. The Kier molecular flexibility index (Phi) is 3.07. The molecule has 0 radical (unpaired) electrons. The van der Waals surface area contributed by atoms with E-state index in [4.69, 9.17) is 17.3 Å². The molecule has 1 aliphatic heterocycles. The van der Waals surface area contributed by atoms with Crippen LogP contribution in [0.1, 0.15) is 27.5 Å². The average molecular weight is 345 g/mol. The van der Waals surface area contributed by atoms with Gasteiger partial charge in [0.15, 0.2) is 5.78 Å². The highest BCUT2D eigenvalue weighted by atomic mass is 35.5. The molecule has 4 rings (SSSR count). The molecule has 1 aromatic carbocycles. The van der Waals surface area contributed by atoms with Crippen molar-refractivity contribution in [2.75, 3.05) is 5.32 Å². The lowest BCUT2D eigenvalue weighted by Gasteiger charge is -2.07. The van der Waals surface area contributed by atoms with Crippen LogP contribution in [-0.4, -0.2) is 11.8 Å². The molecule has 0 saturated carbocycles. The molecule has 23 heavy (non-hydrogen) atoms. The molecule has 2 heterocycles. The number of azo groups is 1.